The number of nitrogen functional groups attached to an aromatic ring is 1. The number of nitrogens with zero attached hydrogens (tertiary/aromatic N) is 1. The topological polar surface area (TPSA) is 196 Å². The summed E-state index contributed by atoms with van der Waals surface area (Å²) in [5.41, 5.74) is 7.92. The molecule has 0 spiro atoms. The molecule has 0 saturated heterocycles. The van der Waals surface area contributed by atoms with E-state index in [0.29, 0.717) is 40.7 Å². The number of halogens is 3. The molecule has 1 atom stereocenters. The van der Waals surface area contributed by atoms with Crippen LogP contribution >= 0.6 is 0 Å². The highest BCUT2D eigenvalue weighted by atomic mass is 32.2. The fourth-order valence-corrected chi connectivity index (χ4v) is 4.79. The lowest BCUT2D eigenvalue weighted by atomic mass is 10.0. The second-order valence-corrected chi connectivity index (χ2v) is 11.8. The highest BCUT2D eigenvalue weighted by Gasteiger charge is 2.38. The third-order valence-electron chi connectivity index (χ3n) is 6.27. The van der Waals surface area contributed by atoms with Crippen molar-refractivity contribution in [2.24, 2.45) is 5.14 Å². The Bertz CT molecular complexity index is 1840. The van der Waals surface area contributed by atoms with Gasteiger partial charge in [0.05, 0.1) is 17.6 Å². The predicted octanol–water partition coefficient (Wildman–Crippen LogP) is 4.75. The van der Waals surface area contributed by atoms with Crippen LogP contribution in [0.1, 0.15) is 37.9 Å². The minimum absolute atomic E-state index is 0.0269. The summed E-state index contributed by atoms with van der Waals surface area (Å²) in [4.78, 5) is 26.6. The monoisotopic (exact) mass is 677 g/mol. The number of pyridine rings is 1. The fourth-order valence-electron chi connectivity index (χ4n) is 4.21. The Labute approximate surface area is 268 Å². The van der Waals surface area contributed by atoms with Crippen molar-refractivity contribution >= 4 is 44.2 Å². The molecule has 47 heavy (non-hydrogen) atoms. The number of ether oxygens (including phenoxy) is 2. The van der Waals surface area contributed by atoms with Crippen molar-refractivity contribution < 1.29 is 45.8 Å². The number of rotatable bonds is 11. The fraction of sp³-hybridized carbons (Fsp3) is 0.258. The van der Waals surface area contributed by atoms with E-state index in [1.54, 1.807) is 30.5 Å². The molecule has 0 bridgehead atoms. The molecule has 0 aliphatic carbocycles. The molecule has 0 aliphatic heterocycles. The van der Waals surface area contributed by atoms with E-state index in [2.05, 4.69) is 15.6 Å². The van der Waals surface area contributed by atoms with Crippen molar-refractivity contribution in [3.05, 3.63) is 84.1 Å². The molecule has 1 aromatic heterocycles. The summed E-state index contributed by atoms with van der Waals surface area (Å²) in [7, 11) is -3.87. The Kier molecular flexibility index (Phi) is 12.0. The van der Waals surface area contributed by atoms with Gasteiger partial charge in [-0.25, -0.2) is 23.3 Å². The molecule has 16 heteroatoms. The second kappa shape index (κ2) is 15.5. The number of anilines is 2. The SMILES string of the molecule is CCOc1cc(C(Nc2ccc3c(N)nccc3c2)C(=O)NCc2cccc(S(N)(=O)=O)c2)ccc1OC(C)C.O=C(O)C(F)(F)F. The summed E-state index contributed by atoms with van der Waals surface area (Å²) in [5.74, 6) is -1.58. The van der Waals surface area contributed by atoms with Crippen LogP contribution in [0.2, 0.25) is 0 Å². The molecule has 3 aromatic carbocycles. The first-order valence-corrected chi connectivity index (χ1v) is 15.6. The van der Waals surface area contributed by atoms with Crippen LogP contribution in [0.15, 0.2) is 77.8 Å². The molecular formula is C31H34F3N5O7S. The van der Waals surface area contributed by atoms with E-state index in [1.165, 1.54) is 12.1 Å². The number of aliphatic carboxylic acids is 1. The smallest absolute Gasteiger partial charge is 0.490 e. The zero-order chi connectivity index (χ0) is 34.9. The number of aromatic nitrogens is 1. The van der Waals surface area contributed by atoms with Gasteiger partial charge in [0.15, 0.2) is 11.5 Å². The third-order valence-corrected chi connectivity index (χ3v) is 7.18. The number of nitrogens with two attached hydrogens (primary N) is 2. The van der Waals surface area contributed by atoms with E-state index < -0.39 is 28.2 Å². The minimum Gasteiger partial charge on any atom is -0.490 e. The van der Waals surface area contributed by atoms with E-state index >= 15 is 0 Å². The lowest BCUT2D eigenvalue weighted by Crippen LogP contribution is -2.33. The number of carbonyl (C=O) groups is 2. The maximum absolute atomic E-state index is 13.6. The van der Waals surface area contributed by atoms with Gasteiger partial charge >= 0.3 is 12.1 Å². The molecule has 0 aliphatic rings. The molecule has 12 nitrogen and oxygen atoms in total. The van der Waals surface area contributed by atoms with E-state index in [0.717, 1.165) is 10.8 Å². The van der Waals surface area contributed by atoms with Crippen LogP contribution in [0.3, 0.4) is 0 Å². The molecular weight excluding hydrogens is 643 g/mol. The average Bonchev–Trinajstić information content (AvgIpc) is 2.99. The molecule has 4 aromatic rings. The quantitative estimate of drug-likeness (QED) is 0.148. The van der Waals surface area contributed by atoms with Crippen molar-refractivity contribution in [3.63, 3.8) is 0 Å². The molecule has 1 heterocycles. The van der Waals surface area contributed by atoms with Gasteiger partial charge < -0.3 is 30.9 Å². The maximum Gasteiger partial charge on any atom is 0.490 e. The molecule has 1 amide bonds. The van der Waals surface area contributed by atoms with Gasteiger partial charge in [0.1, 0.15) is 11.9 Å². The van der Waals surface area contributed by atoms with Gasteiger partial charge in [0.2, 0.25) is 15.9 Å². The number of carboxylic acids is 1. The summed E-state index contributed by atoms with van der Waals surface area (Å²) >= 11 is 0. The van der Waals surface area contributed by atoms with E-state index in [4.69, 9.17) is 30.2 Å². The van der Waals surface area contributed by atoms with Gasteiger partial charge in [-0.3, -0.25) is 4.79 Å². The van der Waals surface area contributed by atoms with Gasteiger partial charge in [0, 0.05) is 23.8 Å². The summed E-state index contributed by atoms with van der Waals surface area (Å²) in [6.45, 7) is 6.23. The van der Waals surface area contributed by atoms with Crippen molar-refractivity contribution in [1.29, 1.82) is 0 Å². The van der Waals surface area contributed by atoms with Crippen molar-refractivity contribution in [3.8, 4) is 11.5 Å². The molecule has 7 N–H and O–H groups in total. The molecule has 0 radical (unpaired) electrons. The molecule has 4 rings (SSSR count). The Morgan fingerprint density at radius 1 is 1.02 bits per heavy atom. The van der Waals surface area contributed by atoms with Crippen molar-refractivity contribution in [2.45, 2.75) is 50.5 Å². The highest BCUT2D eigenvalue weighted by Crippen LogP contribution is 2.33. The van der Waals surface area contributed by atoms with Crippen LogP contribution in [0.25, 0.3) is 10.8 Å². The van der Waals surface area contributed by atoms with E-state index in [-0.39, 0.29) is 23.5 Å². The largest absolute Gasteiger partial charge is 0.490 e. The number of hydrogen-bond donors (Lipinski definition) is 5. The summed E-state index contributed by atoms with van der Waals surface area (Å²) in [6.07, 6.45) is -3.52. The normalized spacial score (nSPS) is 12.1. The Hall–Kier alpha value is -5.09. The number of sulfonamides is 1. The summed E-state index contributed by atoms with van der Waals surface area (Å²) in [5, 5.41) is 20.3. The lowest BCUT2D eigenvalue weighted by molar-refractivity contribution is -0.192. The highest BCUT2D eigenvalue weighted by molar-refractivity contribution is 7.89. The number of amides is 1. The summed E-state index contributed by atoms with van der Waals surface area (Å²) in [6, 6.07) is 18.1. The van der Waals surface area contributed by atoms with Gasteiger partial charge in [-0.15, -0.1) is 0 Å². The van der Waals surface area contributed by atoms with Gasteiger partial charge in [0.25, 0.3) is 0 Å². The van der Waals surface area contributed by atoms with Crippen LogP contribution in [0.4, 0.5) is 24.7 Å². The van der Waals surface area contributed by atoms with Gasteiger partial charge in [-0.1, -0.05) is 18.2 Å². The third kappa shape index (κ3) is 10.5. The first-order chi connectivity index (χ1) is 22.0. The number of carbonyl (C=O) groups excluding carboxylic acids is 1. The number of hydrogen-bond acceptors (Lipinski definition) is 9. The van der Waals surface area contributed by atoms with E-state index in [9.17, 15) is 26.4 Å². The first kappa shape index (κ1) is 36.4. The Morgan fingerprint density at radius 3 is 2.34 bits per heavy atom. The first-order valence-electron chi connectivity index (χ1n) is 14.0. The molecule has 1 unspecified atom stereocenters. The zero-order valence-corrected chi connectivity index (χ0v) is 26.4. The van der Waals surface area contributed by atoms with Crippen molar-refractivity contribution in [1.82, 2.24) is 10.3 Å². The van der Waals surface area contributed by atoms with Crippen molar-refractivity contribution in [2.75, 3.05) is 17.7 Å². The second-order valence-electron chi connectivity index (χ2n) is 10.2. The lowest BCUT2D eigenvalue weighted by Gasteiger charge is -2.22. The van der Waals surface area contributed by atoms with Gasteiger partial charge in [-0.05, 0) is 85.8 Å². The molecule has 252 valence electrons. The molecule has 0 fully saturated rings. The summed E-state index contributed by atoms with van der Waals surface area (Å²) < 4.78 is 67.0. The van der Waals surface area contributed by atoms with Crippen LogP contribution in [0, 0.1) is 0 Å². The molecule has 0 saturated carbocycles. The number of alkyl halides is 3. The Morgan fingerprint density at radius 2 is 1.72 bits per heavy atom. The number of benzene rings is 3. The van der Waals surface area contributed by atoms with Crippen LogP contribution < -0.4 is 31.0 Å². The van der Waals surface area contributed by atoms with Crippen LogP contribution in [-0.4, -0.2) is 49.3 Å². The Balaban J connectivity index is 0.000000771. The zero-order valence-electron chi connectivity index (χ0n) is 25.5. The van der Waals surface area contributed by atoms with Crippen LogP contribution in [0.5, 0.6) is 11.5 Å². The number of nitrogens with one attached hydrogen (secondary N) is 2. The number of primary sulfonamides is 1. The minimum atomic E-state index is -5.08. The van der Waals surface area contributed by atoms with Crippen LogP contribution in [-0.2, 0) is 26.2 Å². The average molecular weight is 678 g/mol. The maximum atomic E-state index is 13.6. The standard InChI is InChI=1S/C29H33N5O5S.C2HF3O2/c1-4-38-26-16-21(8-11-25(26)39-18(2)3)27(34-22-9-10-24-20(15-22)12-13-32-28(24)30)29(35)33-17-19-6-5-7-23(14-19)40(31,36)37;3-2(4,5)1(6)7/h5-16,18,27,34H,4,17H2,1-3H3,(H2,30,32)(H,33,35)(H2,31,36,37);(H,6,7). The predicted molar refractivity (Wildman–Crippen MR) is 169 cm³/mol. The number of carboxylic acid groups (broad SMARTS) is 1. The number of fused-ring (bicyclic) bond motifs is 1. The van der Waals surface area contributed by atoms with E-state index in [1.807, 2.05) is 51.1 Å². The van der Waals surface area contributed by atoms with Gasteiger partial charge in [-0.2, -0.15) is 13.2 Å².